The van der Waals surface area contributed by atoms with Crippen molar-refractivity contribution in [3.05, 3.63) is 54.6 Å². The zero-order valence-corrected chi connectivity index (χ0v) is 13.8. The van der Waals surface area contributed by atoms with Crippen LogP contribution in [0.2, 0.25) is 0 Å². The van der Waals surface area contributed by atoms with Crippen LogP contribution in [0.3, 0.4) is 0 Å². The van der Waals surface area contributed by atoms with Gasteiger partial charge in [-0.3, -0.25) is 4.90 Å². The predicted octanol–water partition coefficient (Wildman–Crippen LogP) is 2.49. The van der Waals surface area contributed by atoms with Crippen LogP contribution in [0.4, 0.5) is 14.9 Å². The summed E-state index contributed by atoms with van der Waals surface area (Å²) in [5.41, 5.74) is 1.05. The third kappa shape index (κ3) is 3.28. The standard InChI is InChI=1S/C18H20FN5O/c19-14-4-5-17(24-10-3-7-20-24)16(12-14)21-18(25)23-11-6-15(13-23)22-8-1-2-9-22/h1-5,7,10,12,15H,6,8-9,11,13H2,(H,21,25). The Labute approximate surface area is 145 Å². The average Bonchev–Trinajstić information content (AvgIpc) is 3.35. The highest BCUT2D eigenvalue weighted by atomic mass is 19.1. The molecule has 0 bridgehead atoms. The van der Waals surface area contributed by atoms with Crippen LogP contribution in [-0.2, 0) is 0 Å². The first-order valence-electron chi connectivity index (χ1n) is 8.45. The second-order valence-electron chi connectivity index (χ2n) is 6.36. The molecule has 1 atom stereocenters. The van der Waals surface area contributed by atoms with Crippen molar-refractivity contribution in [3.8, 4) is 5.69 Å². The molecule has 2 amide bonds. The molecule has 3 heterocycles. The Bertz CT molecular complexity index is 781. The number of benzene rings is 1. The lowest BCUT2D eigenvalue weighted by atomic mass is 10.2. The van der Waals surface area contributed by atoms with Gasteiger partial charge in [0.1, 0.15) is 5.82 Å². The van der Waals surface area contributed by atoms with E-state index < -0.39 is 5.82 Å². The average molecular weight is 341 g/mol. The van der Waals surface area contributed by atoms with E-state index in [0.717, 1.165) is 19.5 Å². The fourth-order valence-electron chi connectivity index (χ4n) is 3.43. The quantitative estimate of drug-likeness (QED) is 0.873. The molecule has 1 fully saturated rings. The van der Waals surface area contributed by atoms with Crippen molar-refractivity contribution in [1.29, 1.82) is 0 Å². The van der Waals surface area contributed by atoms with E-state index >= 15 is 0 Å². The van der Waals surface area contributed by atoms with Crippen molar-refractivity contribution in [2.75, 3.05) is 31.5 Å². The van der Waals surface area contributed by atoms with Crippen LogP contribution in [0, 0.1) is 5.82 Å². The summed E-state index contributed by atoms with van der Waals surface area (Å²) in [5.74, 6) is -0.395. The van der Waals surface area contributed by atoms with Crippen molar-refractivity contribution >= 4 is 11.7 Å². The van der Waals surface area contributed by atoms with E-state index in [4.69, 9.17) is 0 Å². The number of carbonyl (C=O) groups excluding carboxylic acids is 1. The molecule has 1 unspecified atom stereocenters. The highest BCUT2D eigenvalue weighted by Gasteiger charge is 2.30. The molecule has 7 heteroatoms. The summed E-state index contributed by atoms with van der Waals surface area (Å²) in [5, 5.41) is 7.01. The lowest BCUT2D eigenvalue weighted by Gasteiger charge is -2.24. The van der Waals surface area contributed by atoms with Gasteiger partial charge < -0.3 is 10.2 Å². The third-order valence-electron chi connectivity index (χ3n) is 4.76. The number of likely N-dealkylation sites (tertiary alicyclic amines) is 1. The van der Waals surface area contributed by atoms with E-state index in [1.54, 1.807) is 34.1 Å². The number of carbonyl (C=O) groups is 1. The van der Waals surface area contributed by atoms with Crippen molar-refractivity contribution in [1.82, 2.24) is 19.6 Å². The molecule has 6 nitrogen and oxygen atoms in total. The number of anilines is 1. The molecule has 25 heavy (non-hydrogen) atoms. The van der Waals surface area contributed by atoms with Gasteiger partial charge in [-0.25, -0.2) is 13.9 Å². The van der Waals surface area contributed by atoms with Crippen LogP contribution < -0.4 is 5.32 Å². The zero-order valence-electron chi connectivity index (χ0n) is 13.8. The van der Waals surface area contributed by atoms with Gasteiger partial charge in [0.2, 0.25) is 0 Å². The molecular formula is C18H20FN5O. The Hall–Kier alpha value is -2.67. The highest BCUT2D eigenvalue weighted by Crippen LogP contribution is 2.23. The Morgan fingerprint density at radius 1 is 1.28 bits per heavy atom. The van der Waals surface area contributed by atoms with E-state index in [1.807, 2.05) is 0 Å². The van der Waals surface area contributed by atoms with E-state index in [9.17, 15) is 9.18 Å². The van der Waals surface area contributed by atoms with Gasteiger partial charge in [0.05, 0.1) is 11.4 Å². The minimum Gasteiger partial charge on any atom is -0.323 e. The number of amides is 2. The maximum atomic E-state index is 13.7. The highest BCUT2D eigenvalue weighted by molar-refractivity contribution is 5.91. The first kappa shape index (κ1) is 15.8. The first-order chi connectivity index (χ1) is 12.2. The lowest BCUT2D eigenvalue weighted by Crippen LogP contribution is -2.39. The summed E-state index contributed by atoms with van der Waals surface area (Å²) in [7, 11) is 0. The Kier molecular flexibility index (Phi) is 4.23. The molecule has 2 aliphatic rings. The summed E-state index contributed by atoms with van der Waals surface area (Å²) < 4.78 is 15.3. The molecule has 0 aliphatic carbocycles. The Balaban J connectivity index is 1.47. The number of halogens is 1. The van der Waals surface area contributed by atoms with Crippen LogP contribution in [0.5, 0.6) is 0 Å². The second-order valence-corrected chi connectivity index (χ2v) is 6.36. The first-order valence-corrected chi connectivity index (χ1v) is 8.45. The van der Waals surface area contributed by atoms with E-state index in [0.29, 0.717) is 30.5 Å². The fraction of sp³-hybridized carbons (Fsp3) is 0.333. The lowest BCUT2D eigenvalue weighted by molar-refractivity contribution is 0.212. The predicted molar refractivity (Wildman–Crippen MR) is 93.2 cm³/mol. The van der Waals surface area contributed by atoms with Crippen LogP contribution in [0.25, 0.3) is 5.69 Å². The number of nitrogens with zero attached hydrogens (tertiary/aromatic N) is 4. The SMILES string of the molecule is O=C(Nc1cc(F)ccc1-n1cccn1)N1CCC(N2CC=CC2)C1. The smallest absolute Gasteiger partial charge is 0.321 e. The van der Waals surface area contributed by atoms with Crippen LogP contribution in [-0.4, -0.2) is 57.8 Å². The van der Waals surface area contributed by atoms with Crippen LogP contribution in [0.1, 0.15) is 6.42 Å². The van der Waals surface area contributed by atoms with Gasteiger partial charge in [-0.05, 0) is 30.7 Å². The van der Waals surface area contributed by atoms with Gasteiger partial charge in [0.15, 0.2) is 0 Å². The maximum absolute atomic E-state index is 13.7. The third-order valence-corrected chi connectivity index (χ3v) is 4.76. The number of urea groups is 1. The number of hydrogen-bond donors (Lipinski definition) is 1. The Morgan fingerprint density at radius 3 is 2.88 bits per heavy atom. The summed E-state index contributed by atoms with van der Waals surface area (Å²) in [6, 6.07) is 6.27. The molecule has 2 aliphatic heterocycles. The topological polar surface area (TPSA) is 53.4 Å². The molecular weight excluding hydrogens is 321 g/mol. The fourth-order valence-corrected chi connectivity index (χ4v) is 3.43. The summed E-state index contributed by atoms with van der Waals surface area (Å²) in [4.78, 5) is 16.8. The van der Waals surface area contributed by atoms with E-state index in [2.05, 4.69) is 27.5 Å². The molecule has 0 spiro atoms. The van der Waals surface area contributed by atoms with Gasteiger partial charge in [-0.2, -0.15) is 5.10 Å². The van der Waals surface area contributed by atoms with E-state index in [1.165, 1.54) is 12.1 Å². The minimum absolute atomic E-state index is 0.200. The number of hydrogen-bond acceptors (Lipinski definition) is 3. The zero-order chi connectivity index (χ0) is 17.2. The Morgan fingerprint density at radius 2 is 2.12 bits per heavy atom. The number of aromatic nitrogens is 2. The molecule has 1 aromatic carbocycles. The summed E-state index contributed by atoms with van der Waals surface area (Å²) >= 11 is 0. The van der Waals surface area contributed by atoms with Gasteiger partial charge in [0, 0.05) is 44.6 Å². The van der Waals surface area contributed by atoms with Crippen molar-refractivity contribution < 1.29 is 9.18 Å². The molecule has 2 aromatic rings. The normalized spacial score (nSPS) is 20.4. The van der Waals surface area contributed by atoms with Crippen molar-refractivity contribution in [2.45, 2.75) is 12.5 Å². The monoisotopic (exact) mass is 341 g/mol. The molecule has 0 radical (unpaired) electrons. The van der Waals surface area contributed by atoms with Gasteiger partial charge in [-0.1, -0.05) is 12.2 Å². The summed E-state index contributed by atoms with van der Waals surface area (Å²) in [6.07, 6.45) is 8.68. The number of nitrogens with one attached hydrogen (secondary N) is 1. The summed E-state index contributed by atoms with van der Waals surface area (Å²) in [6.45, 7) is 3.31. The minimum atomic E-state index is -0.395. The van der Waals surface area contributed by atoms with Gasteiger partial charge >= 0.3 is 6.03 Å². The van der Waals surface area contributed by atoms with E-state index in [-0.39, 0.29) is 6.03 Å². The largest absolute Gasteiger partial charge is 0.323 e. The van der Waals surface area contributed by atoms with Crippen LogP contribution >= 0.6 is 0 Å². The number of rotatable bonds is 3. The van der Waals surface area contributed by atoms with Crippen molar-refractivity contribution in [2.24, 2.45) is 0 Å². The molecule has 4 rings (SSSR count). The molecule has 1 saturated heterocycles. The van der Waals surface area contributed by atoms with Gasteiger partial charge in [-0.15, -0.1) is 0 Å². The molecule has 130 valence electrons. The maximum Gasteiger partial charge on any atom is 0.321 e. The second kappa shape index (κ2) is 6.68. The van der Waals surface area contributed by atoms with Gasteiger partial charge in [0.25, 0.3) is 0 Å². The molecule has 0 saturated carbocycles. The van der Waals surface area contributed by atoms with Crippen molar-refractivity contribution in [3.63, 3.8) is 0 Å². The molecule has 1 N–H and O–H groups in total. The molecule has 1 aromatic heterocycles. The van der Waals surface area contributed by atoms with Crippen LogP contribution in [0.15, 0.2) is 48.8 Å².